The first-order valence-electron chi connectivity index (χ1n) is 8.72. The van der Waals surface area contributed by atoms with Crippen LogP contribution in [0.3, 0.4) is 0 Å². The van der Waals surface area contributed by atoms with E-state index in [-0.39, 0.29) is 12.0 Å². The maximum absolute atomic E-state index is 12.0. The summed E-state index contributed by atoms with van der Waals surface area (Å²) < 4.78 is 16.7. The van der Waals surface area contributed by atoms with Crippen LogP contribution in [0.15, 0.2) is 42.5 Å². The minimum atomic E-state index is -0.491. The Morgan fingerprint density at radius 3 is 2.62 bits per heavy atom. The first-order chi connectivity index (χ1) is 12.4. The van der Waals surface area contributed by atoms with Crippen molar-refractivity contribution in [3.63, 3.8) is 0 Å². The normalized spacial score (nSPS) is 15.8. The van der Waals surface area contributed by atoms with E-state index in [4.69, 9.17) is 14.2 Å². The molecular formula is C21H25NO4. The number of methoxy groups -OCH3 is 1. The summed E-state index contributed by atoms with van der Waals surface area (Å²) in [5.41, 5.74) is 2.97. The first kappa shape index (κ1) is 18.1. The molecule has 1 unspecified atom stereocenters. The number of nitrogens with one attached hydrogen (secondary N) is 1. The molecule has 0 bridgehead atoms. The van der Waals surface area contributed by atoms with Crippen LogP contribution in [-0.4, -0.2) is 19.4 Å². The Bertz CT molecular complexity index is 781. The molecule has 5 heteroatoms. The van der Waals surface area contributed by atoms with Crippen molar-refractivity contribution in [3.8, 4) is 11.5 Å². The Hall–Kier alpha value is -2.69. The van der Waals surface area contributed by atoms with Gasteiger partial charge in [-0.1, -0.05) is 51.1 Å². The monoisotopic (exact) mass is 355 g/mol. The van der Waals surface area contributed by atoms with Gasteiger partial charge in [-0.3, -0.25) is 5.32 Å². The number of alkyl carbamates (subject to hydrolysis) is 1. The fraction of sp³-hybridized carbons (Fsp3) is 0.381. The smallest absolute Gasteiger partial charge is 0.410 e. The van der Waals surface area contributed by atoms with Crippen molar-refractivity contribution < 1.29 is 19.0 Å². The summed E-state index contributed by atoms with van der Waals surface area (Å²) in [5, 5.41) is 2.77. The molecule has 5 nitrogen and oxygen atoms in total. The van der Waals surface area contributed by atoms with Gasteiger partial charge in [0.15, 0.2) is 6.23 Å². The van der Waals surface area contributed by atoms with Crippen LogP contribution in [0, 0.1) is 0 Å². The molecule has 2 aromatic rings. The van der Waals surface area contributed by atoms with Gasteiger partial charge in [0.05, 0.1) is 7.11 Å². The summed E-state index contributed by atoms with van der Waals surface area (Å²) in [6.07, 6.45) is -0.348. The Labute approximate surface area is 154 Å². The average molecular weight is 355 g/mol. The van der Waals surface area contributed by atoms with E-state index < -0.39 is 12.3 Å². The average Bonchev–Trinajstić information content (AvgIpc) is 3.00. The molecule has 0 spiro atoms. The van der Waals surface area contributed by atoms with Gasteiger partial charge >= 0.3 is 6.09 Å². The van der Waals surface area contributed by atoms with Crippen LogP contribution in [0.2, 0.25) is 0 Å². The van der Waals surface area contributed by atoms with Gasteiger partial charge in [-0.15, -0.1) is 0 Å². The van der Waals surface area contributed by atoms with Crippen molar-refractivity contribution in [2.24, 2.45) is 0 Å². The lowest BCUT2D eigenvalue weighted by Gasteiger charge is -2.22. The van der Waals surface area contributed by atoms with E-state index in [0.29, 0.717) is 6.42 Å². The predicted molar refractivity (Wildman–Crippen MR) is 99.6 cm³/mol. The number of fused-ring (bicyclic) bond motifs is 1. The molecule has 0 aliphatic carbocycles. The van der Waals surface area contributed by atoms with Crippen molar-refractivity contribution >= 4 is 6.09 Å². The van der Waals surface area contributed by atoms with E-state index in [1.807, 2.05) is 42.5 Å². The first-order valence-corrected chi connectivity index (χ1v) is 8.72. The number of ether oxygens (including phenoxy) is 3. The molecule has 1 aliphatic rings. The quantitative estimate of drug-likeness (QED) is 0.894. The molecule has 138 valence electrons. The van der Waals surface area contributed by atoms with Crippen LogP contribution < -0.4 is 14.8 Å². The van der Waals surface area contributed by atoms with Crippen molar-refractivity contribution in [1.29, 1.82) is 0 Å². The molecular weight excluding hydrogens is 330 g/mol. The second kappa shape index (κ2) is 7.28. The second-order valence-electron chi connectivity index (χ2n) is 7.43. The minimum absolute atomic E-state index is 0.0656. The Morgan fingerprint density at radius 2 is 1.96 bits per heavy atom. The van der Waals surface area contributed by atoms with Gasteiger partial charge in [0, 0.05) is 17.5 Å². The van der Waals surface area contributed by atoms with E-state index >= 15 is 0 Å². The van der Waals surface area contributed by atoms with Crippen LogP contribution in [0.5, 0.6) is 11.5 Å². The summed E-state index contributed by atoms with van der Waals surface area (Å²) in [7, 11) is 1.67. The maximum Gasteiger partial charge on any atom is 0.410 e. The minimum Gasteiger partial charge on any atom is -0.496 e. The summed E-state index contributed by atoms with van der Waals surface area (Å²) in [6, 6.07) is 13.6. The van der Waals surface area contributed by atoms with E-state index in [1.54, 1.807) is 7.11 Å². The van der Waals surface area contributed by atoms with Crippen molar-refractivity contribution in [2.45, 2.75) is 45.4 Å². The van der Waals surface area contributed by atoms with Crippen molar-refractivity contribution in [3.05, 3.63) is 59.2 Å². The van der Waals surface area contributed by atoms with Crippen LogP contribution in [-0.2, 0) is 23.2 Å². The fourth-order valence-electron chi connectivity index (χ4n) is 3.00. The van der Waals surface area contributed by atoms with Gasteiger partial charge in [0.25, 0.3) is 0 Å². The van der Waals surface area contributed by atoms with Crippen molar-refractivity contribution in [1.82, 2.24) is 5.32 Å². The Balaban J connectivity index is 1.62. The molecule has 3 rings (SSSR count). The third-order valence-corrected chi connectivity index (χ3v) is 4.36. The van der Waals surface area contributed by atoms with E-state index in [0.717, 1.165) is 28.2 Å². The molecule has 1 aliphatic heterocycles. The molecule has 2 aromatic carbocycles. The highest BCUT2D eigenvalue weighted by atomic mass is 16.6. The standard InChI is InChI=1S/C21H25NO4/c1-21(2,3)16-12-17-15(10-18(16)24-4)11-19(26-17)22-20(23)25-13-14-8-6-5-7-9-14/h5-10,12,19H,11,13H2,1-4H3,(H,22,23). The van der Waals surface area contributed by atoms with Crippen molar-refractivity contribution in [2.75, 3.05) is 7.11 Å². The zero-order valence-electron chi connectivity index (χ0n) is 15.7. The van der Waals surface area contributed by atoms with E-state index in [9.17, 15) is 4.79 Å². The third kappa shape index (κ3) is 4.10. The number of hydrogen-bond acceptors (Lipinski definition) is 4. The highest BCUT2D eigenvalue weighted by Crippen LogP contribution is 2.39. The highest BCUT2D eigenvalue weighted by Gasteiger charge is 2.29. The topological polar surface area (TPSA) is 56.8 Å². The third-order valence-electron chi connectivity index (χ3n) is 4.36. The molecule has 0 saturated carbocycles. The van der Waals surface area contributed by atoms with Gasteiger partial charge in [-0.05, 0) is 23.1 Å². The SMILES string of the molecule is COc1cc2c(cc1C(C)(C)C)OC(NC(=O)OCc1ccccc1)C2. The number of carbonyl (C=O) groups excluding carboxylic acids is 1. The summed E-state index contributed by atoms with van der Waals surface area (Å²) >= 11 is 0. The van der Waals surface area contributed by atoms with Crippen LogP contribution >= 0.6 is 0 Å². The number of hydrogen-bond donors (Lipinski definition) is 1. The fourth-order valence-corrected chi connectivity index (χ4v) is 3.00. The molecule has 0 fully saturated rings. The predicted octanol–water partition coefficient (Wildman–Crippen LogP) is 4.18. The van der Waals surface area contributed by atoms with E-state index in [2.05, 4.69) is 26.1 Å². The maximum atomic E-state index is 12.0. The molecule has 0 saturated heterocycles. The summed E-state index contributed by atoms with van der Waals surface area (Å²) in [5.74, 6) is 1.62. The Morgan fingerprint density at radius 1 is 1.23 bits per heavy atom. The van der Waals surface area contributed by atoms with Crippen LogP contribution in [0.25, 0.3) is 0 Å². The molecule has 1 atom stereocenters. The number of amides is 1. The zero-order chi connectivity index (χ0) is 18.7. The van der Waals surface area contributed by atoms with Gasteiger partial charge in [0.1, 0.15) is 18.1 Å². The second-order valence-corrected chi connectivity index (χ2v) is 7.43. The Kier molecular flexibility index (Phi) is 5.07. The zero-order valence-corrected chi connectivity index (χ0v) is 15.7. The van der Waals surface area contributed by atoms with Gasteiger partial charge in [-0.2, -0.15) is 0 Å². The molecule has 26 heavy (non-hydrogen) atoms. The number of carbonyl (C=O) groups is 1. The lowest BCUT2D eigenvalue weighted by molar-refractivity contribution is 0.113. The highest BCUT2D eigenvalue weighted by molar-refractivity contribution is 5.68. The largest absolute Gasteiger partial charge is 0.496 e. The van der Waals surface area contributed by atoms with E-state index in [1.165, 1.54) is 0 Å². The lowest BCUT2D eigenvalue weighted by Crippen LogP contribution is -2.38. The molecule has 0 aromatic heterocycles. The van der Waals surface area contributed by atoms with Crippen LogP contribution in [0.4, 0.5) is 4.79 Å². The molecule has 1 N–H and O–H groups in total. The summed E-state index contributed by atoms with van der Waals surface area (Å²) in [4.78, 5) is 12.0. The van der Waals surface area contributed by atoms with Crippen LogP contribution in [0.1, 0.15) is 37.5 Å². The molecule has 1 heterocycles. The van der Waals surface area contributed by atoms with Gasteiger partial charge < -0.3 is 14.2 Å². The number of benzene rings is 2. The molecule has 0 radical (unpaired) electrons. The lowest BCUT2D eigenvalue weighted by atomic mass is 9.85. The summed E-state index contributed by atoms with van der Waals surface area (Å²) in [6.45, 7) is 6.61. The number of rotatable bonds is 4. The molecule has 1 amide bonds. The van der Waals surface area contributed by atoms with Gasteiger partial charge in [-0.25, -0.2) is 4.79 Å². The van der Waals surface area contributed by atoms with Gasteiger partial charge in [0.2, 0.25) is 0 Å².